The fraction of sp³-hybridized carbons (Fsp3) is 0.480. The number of nitrogens with zero attached hydrogens (tertiary/aromatic N) is 3. The highest BCUT2D eigenvalue weighted by Gasteiger charge is 2.48. The molecule has 3 aliphatic heterocycles. The molecule has 1 amide bonds. The molecule has 0 bridgehead atoms. The fourth-order valence-electron chi connectivity index (χ4n) is 4.99. The monoisotopic (exact) mass is 514 g/mol. The summed E-state index contributed by atoms with van der Waals surface area (Å²) in [7, 11) is 0. The van der Waals surface area contributed by atoms with Crippen molar-refractivity contribution < 1.29 is 28.8 Å². The maximum Gasteiger partial charge on any atom is 0.296 e. The molecule has 6 rings (SSSR count). The molecule has 10 nitrogen and oxygen atoms in total. The van der Waals surface area contributed by atoms with E-state index in [0.717, 1.165) is 12.8 Å². The predicted octanol–water partition coefficient (Wildman–Crippen LogP) is 2.45. The number of fused-ring (bicyclic) bond motifs is 2. The van der Waals surface area contributed by atoms with Crippen molar-refractivity contribution in [1.82, 2.24) is 19.9 Å². The molecule has 1 unspecified atom stereocenters. The van der Waals surface area contributed by atoms with Crippen LogP contribution in [0.1, 0.15) is 23.2 Å². The van der Waals surface area contributed by atoms with Gasteiger partial charge in [-0.25, -0.2) is 0 Å². The minimum absolute atomic E-state index is 0.0667. The third-order valence-electron chi connectivity index (χ3n) is 7.00. The molecule has 0 saturated carbocycles. The Hall–Kier alpha value is -2.92. The lowest BCUT2D eigenvalue weighted by atomic mass is 9.97. The molecule has 5 heterocycles. The van der Waals surface area contributed by atoms with Gasteiger partial charge in [-0.15, -0.1) is 0 Å². The van der Waals surface area contributed by atoms with Crippen molar-refractivity contribution >= 4 is 28.7 Å². The van der Waals surface area contributed by atoms with Gasteiger partial charge in [-0.05, 0) is 37.0 Å². The van der Waals surface area contributed by atoms with Gasteiger partial charge in [0.25, 0.3) is 11.9 Å². The molecule has 1 aromatic carbocycles. The van der Waals surface area contributed by atoms with Crippen LogP contribution in [0.25, 0.3) is 11.2 Å². The molecule has 190 valence electrons. The number of aliphatic hydroxyl groups excluding tert-OH is 1. The number of H-pyrrole nitrogens is 1. The van der Waals surface area contributed by atoms with E-state index in [4.69, 9.17) is 30.5 Å². The smallest absolute Gasteiger partial charge is 0.296 e. The van der Waals surface area contributed by atoms with Crippen LogP contribution >= 0.6 is 11.6 Å². The van der Waals surface area contributed by atoms with Crippen molar-refractivity contribution in [2.24, 2.45) is 5.92 Å². The second-order valence-electron chi connectivity index (χ2n) is 9.42. The lowest BCUT2D eigenvalue weighted by Gasteiger charge is -2.31. The molecule has 3 saturated heterocycles. The van der Waals surface area contributed by atoms with Crippen molar-refractivity contribution in [3.8, 4) is 11.9 Å². The number of hydrogen-bond donors (Lipinski definition) is 2. The lowest BCUT2D eigenvalue weighted by molar-refractivity contribution is 0.00706. The normalized spacial score (nSPS) is 26.3. The summed E-state index contributed by atoms with van der Waals surface area (Å²) in [5.74, 6) is 0.683. The maximum atomic E-state index is 12.7. The second kappa shape index (κ2) is 9.85. The van der Waals surface area contributed by atoms with Gasteiger partial charge in [0.1, 0.15) is 23.3 Å². The average molecular weight is 515 g/mol. The third kappa shape index (κ3) is 4.61. The number of rotatable bonds is 6. The van der Waals surface area contributed by atoms with Crippen LogP contribution in [0.3, 0.4) is 0 Å². The highest BCUT2D eigenvalue weighted by Crippen LogP contribution is 2.31. The van der Waals surface area contributed by atoms with Gasteiger partial charge < -0.3 is 33.9 Å². The molecule has 0 aliphatic carbocycles. The van der Waals surface area contributed by atoms with Gasteiger partial charge in [0.05, 0.1) is 25.3 Å². The SMILES string of the molecule is O=C(c1ccccc1)N1CCC(COc2nc3nc(O[C@@H]4COC5[C@H](O)CO[C@@H]54)[nH]c3cc2Cl)CC1. The van der Waals surface area contributed by atoms with Crippen molar-refractivity contribution in [2.45, 2.75) is 37.3 Å². The van der Waals surface area contributed by atoms with Gasteiger partial charge in [0.2, 0.25) is 5.88 Å². The van der Waals surface area contributed by atoms with Crippen LogP contribution in [-0.4, -0.2) is 88.2 Å². The Balaban J connectivity index is 1.05. The molecule has 3 aromatic rings. The highest BCUT2D eigenvalue weighted by atomic mass is 35.5. The molecule has 4 atom stereocenters. The number of nitrogens with one attached hydrogen (secondary N) is 1. The number of ether oxygens (including phenoxy) is 4. The molecular weight excluding hydrogens is 488 g/mol. The van der Waals surface area contributed by atoms with E-state index in [1.807, 2.05) is 35.2 Å². The number of likely N-dealkylation sites (tertiary alicyclic amines) is 1. The van der Waals surface area contributed by atoms with Gasteiger partial charge in [-0.2, -0.15) is 9.97 Å². The maximum absolute atomic E-state index is 12.7. The summed E-state index contributed by atoms with van der Waals surface area (Å²) in [5.41, 5.74) is 1.76. The van der Waals surface area contributed by atoms with E-state index in [9.17, 15) is 9.90 Å². The van der Waals surface area contributed by atoms with E-state index in [1.54, 1.807) is 6.07 Å². The van der Waals surface area contributed by atoms with E-state index in [1.165, 1.54) is 0 Å². The molecule has 0 spiro atoms. The van der Waals surface area contributed by atoms with E-state index >= 15 is 0 Å². The fourth-order valence-corrected chi connectivity index (χ4v) is 5.19. The van der Waals surface area contributed by atoms with Crippen molar-refractivity contribution in [3.05, 3.63) is 47.0 Å². The summed E-state index contributed by atoms with van der Waals surface area (Å²) in [5, 5.41) is 10.3. The van der Waals surface area contributed by atoms with Crippen LogP contribution in [-0.2, 0) is 9.47 Å². The van der Waals surface area contributed by atoms with Crippen LogP contribution in [0.15, 0.2) is 36.4 Å². The average Bonchev–Trinajstić information content (AvgIpc) is 3.59. The summed E-state index contributed by atoms with van der Waals surface area (Å²) in [6.45, 7) is 2.38. The molecule has 2 N–H and O–H groups in total. The highest BCUT2D eigenvalue weighted by molar-refractivity contribution is 6.32. The Morgan fingerprint density at radius 1 is 1.14 bits per heavy atom. The van der Waals surface area contributed by atoms with Gasteiger partial charge in [-0.3, -0.25) is 4.79 Å². The molecule has 0 radical (unpaired) electrons. The molecule has 36 heavy (non-hydrogen) atoms. The van der Waals surface area contributed by atoms with E-state index in [2.05, 4.69) is 15.0 Å². The minimum atomic E-state index is -0.643. The molecular formula is C25H27ClN4O6. The summed E-state index contributed by atoms with van der Waals surface area (Å²) in [6, 6.07) is 11.3. The number of halogens is 1. The second-order valence-corrected chi connectivity index (χ2v) is 9.83. The minimum Gasteiger partial charge on any atom is -0.476 e. The number of carbonyl (C=O) groups is 1. The predicted molar refractivity (Wildman–Crippen MR) is 129 cm³/mol. The van der Waals surface area contributed by atoms with Gasteiger partial charge in [0.15, 0.2) is 11.8 Å². The first-order valence-corrected chi connectivity index (χ1v) is 12.5. The standard InChI is InChI=1S/C25H27ClN4O6/c26-16-10-17-22(29-25(27-17)36-19-13-34-20-18(31)12-33-21(19)20)28-23(16)35-11-14-6-8-30(9-7-14)24(32)15-4-2-1-3-5-15/h1-5,10,14,18-21,31H,6-9,11-13H2,(H,27,28,29)/t18-,19-,20?,21-/m1/s1. The van der Waals surface area contributed by atoms with Gasteiger partial charge in [0, 0.05) is 18.7 Å². The van der Waals surface area contributed by atoms with Crippen LogP contribution in [0.5, 0.6) is 11.9 Å². The number of piperidine rings is 1. The lowest BCUT2D eigenvalue weighted by Crippen LogP contribution is -2.39. The summed E-state index contributed by atoms with van der Waals surface area (Å²) >= 11 is 6.43. The van der Waals surface area contributed by atoms with E-state index < -0.39 is 6.10 Å². The summed E-state index contributed by atoms with van der Waals surface area (Å²) in [4.78, 5) is 26.5. The first kappa shape index (κ1) is 23.5. The Kier molecular flexibility index (Phi) is 6.43. The zero-order valence-corrected chi connectivity index (χ0v) is 20.3. The Bertz CT molecular complexity index is 1230. The van der Waals surface area contributed by atoms with Crippen LogP contribution < -0.4 is 9.47 Å². The summed E-state index contributed by atoms with van der Waals surface area (Å²) in [6.07, 6.45) is -0.0365. The number of aliphatic hydroxyl groups is 1. The number of hydrogen-bond acceptors (Lipinski definition) is 8. The number of benzene rings is 1. The first-order chi connectivity index (χ1) is 17.5. The van der Waals surface area contributed by atoms with E-state index in [0.29, 0.717) is 59.9 Å². The zero-order chi connectivity index (χ0) is 24.6. The molecule has 3 fully saturated rings. The molecule has 11 heteroatoms. The topological polar surface area (TPSA) is 119 Å². The molecule has 3 aliphatic rings. The third-order valence-corrected chi connectivity index (χ3v) is 7.27. The summed E-state index contributed by atoms with van der Waals surface area (Å²) < 4.78 is 23.1. The number of pyridine rings is 1. The number of carbonyl (C=O) groups excluding carboxylic acids is 1. The van der Waals surface area contributed by atoms with Crippen LogP contribution in [0.4, 0.5) is 0 Å². The Labute approximate surface area is 212 Å². The van der Waals surface area contributed by atoms with Crippen molar-refractivity contribution in [3.63, 3.8) is 0 Å². The van der Waals surface area contributed by atoms with Gasteiger partial charge >= 0.3 is 0 Å². The van der Waals surface area contributed by atoms with Crippen LogP contribution in [0, 0.1) is 5.92 Å². The van der Waals surface area contributed by atoms with Gasteiger partial charge in [-0.1, -0.05) is 29.8 Å². The Morgan fingerprint density at radius 3 is 2.72 bits per heavy atom. The number of aromatic amines is 1. The Morgan fingerprint density at radius 2 is 1.92 bits per heavy atom. The van der Waals surface area contributed by atoms with Crippen molar-refractivity contribution in [1.29, 1.82) is 0 Å². The first-order valence-electron chi connectivity index (χ1n) is 12.2. The molecule has 2 aromatic heterocycles. The van der Waals surface area contributed by atoms with Crippen LogP contribution in [0.2, 0.25) is 5.02 Å². The largest absolute Gasteiger partial charge is 0.476 e. The number of imidazole rings is 1. The quantitative estimate of drug-likeness (QED) is 0.515. The van der Waals surface area contributed by atoms with E-state index in [-0.39, 0.29) is 36.8 Å². The van der Waals surface area contributed by atoms with Crippen molar-refractivity contribution in [2.75, 3.05) is 32.9 Å². The number of amides is 1. The zero-order valence-electron chi connectivity index (χ0n) is 19.5. The number of aromatic nitrogens is 3.